The van der Waals surface area contributed by atoms with E-state index >= 15 is 0 Å². The number of nitrogens with two attached hydrogens (primary N) is 1. The number of nitrogens with zero attached hydrogens (tertiary/aromatic N) is 4. The first-order chi connectivity index (χ1) is 17.1. The van der Waals surface area contributed by atoms with Crippen LogP contribution in [0.2, 0.25) is 0 Å². The highest BCUT2D eigenvalue weighted by molar-refractivity contribution is 5.99. The van der Waals surface area contributed by atoms with E-state index in [0.717, 1.165) is 29.9 Å². The number of primary amides is 1. The number of carbonyl (C=O) groups is 3. The van der Waals surface area contributed by atoms with E-state index in [0.29, 0.717) is 29.5 Å². The molecule has 2 N–H and O–H groups in total. The van der Waals surface area contributed by atoms with Crippen molar-refractivity contribution >= 4 is 23.6 Å². The van der Waals surface area contributed by atoms with Crippen molar-refractivity contribution in [1.29, 1.82) is 0 Å². The molecule has 2 unspecified atom stereocenters. The summed E-state index contributed by atoms with van der Waals surface area (Å²) in [7, 11) is 0. The number of hydrogen-bond acceptors (Lipinski definition) is 7. The Kier molecular flexibility index (Phi) is 5.84. The van der Waals surface area contributed by atoms with Crippen LogP contribution in [-0.2, 0) is 22.1 Å². The summed E-state index contributed by atoms with van der Waals surface area (Å²) in [5.41, 5.74) is 5.37. The molecule has 2 aliphatic heterocycles. The SMILES string of the molecule is Cc1c(C(=O)OCC2CC2)nnc2c1CC1C(C(N)=O)N(C(=O)c3ccccc3C(F)(F)F)CCN21. The van der Waals surface area contributed by atoms with Crippen LogP contribution in [0, 0.1) is 12.8 Å². The van der Waals surface area contributed by atoms with Crippen LogP contribution in [0.15, 0.2) is 24.3 Å². The van der Waals surface area contributed by atoms with Gasteiger partial charge < -0.3 is 20.3 Å². The number of esters is 1. The molecule has 12 heteroatoms. The molecule has 2 atom stereocenters. The van der Waals surface area contributed by atoms with Gasteiger partial charge in [0.2, 0.25) is 5.91 Å². The number of carbonyl (C=O) groups excluding carboxylic acids is 3. The van der Waals surface area contributed by atoms with Crippen LogP contribution in [0.25, 0.3) is 0 Å². The smallest absolute Gasteiger partial charge is 0.417 e. The molecular formula is C24H24F3N5O4. The van der Waals surface area contributed by atoms with E-state index in [4.69, 9.17) is 10.5 Å². The number of anilines is 1. The summed E-state index contributed by atoms with van der Waals surface area (Å²) in [4.78, 5) is 41.3. The molecule has 36 heavy (non-hydrogen) atoms. The van der Waals surface area contributed by atoms with Crippen LogP contribution in [-0.4, -0.2) is 64.7 Å². The van der Waals surface area contributed by atoms with E-state index in [1.54, 1.807) is 11.8 Å². The molecule has 9 nitrogen and oxygen atoms in total. The summed E-state index contributed by atoms with van der Waals surface area (Å²) >= 11 is 0. The van der Waals surface area contributed by atoms with Gasteiger partial charge in [0.05, 0.1) is 23.8 Å². The lowest BCUT2D eigenvalue weighted by atomic mass is 9.95. The average molecular weight is 503 g/mol. The third kappa shape index (κ3) is 4.14. The largest absolute Gasteiger partial charge is 0.461 e. The number of ether oxygens (including phenoxy) is 1. The van der Waals surface area contributed by atoms with Crippen LogP contribution >= 0.6 is 0 Å². The Hall–Kier alpha value is -3.70. The van der Waals surface area contributed by atoms with Crippen molar-refractivity contribution in [2.24, 2.45) is 11.7 Å². The van der Waals surface area contributed by atoms with Crippen LogP contribution in [0.1, 0.15) is 50.4 Å². The molecule has 1 aromatic heterocycles. The number of rotatable bonds is 5. The number of piperazine rings is 1. The van der Waals surface area contributed by atoms with Gasteiger partial charge >= 0.3 is 12.1 Å². The van der Waals surface area contributed by atoms with Crippen LogP contribution in [0.5, 0.6) is 0 Å². The molecule has 0 radical (unpaired) electrons. The van der Waals surface area contributed by atoms with E-state index in [1.807, 2.05) is 0 Å². The number of aromatic nitrogens is 2. The van der Waals surface area contributed by atoms with Gasteiger partial charge in [0.15, 0.2) is 11.5 Å². The minimum absolute atomic E-state index is 0.0412. The lowest BCUT2D eigenvalue weighted by Gasteiger charge is -2.43. The summed E-state index contributed by atoms with van der Waals surface area (Å²) in [5.74, 6) is -1.50. The Morgan fingerprint density at radius 3 is 2.53 bits per heavy atom. The molecule has 0 spiro atoms. The van der Waals surface area contributed by atoms with E-state index in [2.05, 4.69) is 10.2 Å². The number of amides is 2. The van der Waals surface area contributed by atoms with Crippen molar-refractivity contribution < 1.29 is 32.3 Å². The molecule has 1 aromatic carbocycles. The Bertz CT molecular complexity index is 1250. The Balaban J connectivity index is 1.44. The van der Waals surface area contributed by atoms with Gasteiger partial charge in [0.1, 0.15) is 6.04 Å². The maximum absolute atomic E-state index is 13.6. The van der Waals surface area contributed by atoms with Crippen LogP contribution in [0.4, 0.5) is 19.0 Å². The van der Waals surface area contributed by atoms with Crippen molar-refractivity contribution in [3.05, 3.63) is 52.2 Å². The molecular weight excluding hydrogens is 479 g/mol. The molecule has 3 aliphatic rings. The first-order valence-electron chi connectivity index (χ1n) is 11.6. The normalized spacial score (nSPS) is 21.1. The molecule has 5 rings (SSSR count). The van der Waals surface area contributed by atoms with Gasteiger partial charge in [0.25, 0.3) is 5.91 Å². The fourth-order valence-electron chi connectivity index (χ4n) is 4.99. The second-order valence-electron chi connectivity index (χ2n) is 9.37. The highest BCUT2D eigenvalue weighted by Crippen LogP contribution is 2.39. The molecule has 1 aliphatic carbocycles. The van der Waals surface area contributed by atoms with E-state index in [1.165, 1.54) is 12.1 Å². The lowest BCUT2D eigenvalue weighted by Crippen LogP contribution is -2.64. The predicted octanol–water partition coefficient (Wildman–Crippen LogP) is 2.11. The second-order valence-corrected chi connectivity index (χ2v) is 9.37. The van der Waals surface area contributed by atoms with Crippen molar-refractivity contribution in [1.82, 2.24) is 15.1 Å². The van der Waals surface area contributed by atoms with Crippen molar-refractivity contribution in [3.8, 4) is 0 Å². The standard InChI is InChI=1S/C24H24F3N5O4/c1-12-15-10-17-19(20(28)33)32(22(34)14-4-2-3-5-16(14)24(25,26)27)9-8-31(17)21(15)30-29-18(12)23(35)36-11-13-6-7-13/h2-5,13,17,19H,6-11H2,1H3,(H2,28,33). The van der Waals surface area contributed by atoms with E-state index in [-0.39, 0.29) is 25.2 Å². The summed E-state index contributed by atoms with van der Waals surface area (Å²) in [6.45, 7) is 2.20. The van der Waals surface area contributed by atoms with Gasteiger partial charge in [-0.1, -0.05) is 12.1 Å². The van der Waals surface area contributed by atoms with Crippen molar-refractivity contribution in [2.75, 3.05) is 24.6 Å². The quantitative estimate of drug-likeness (QED) is 0.621. The summed E-state index contributed by atoms with van der Waals surface area (Å²) in [6, 6.07) is 2.60. The zero-order chi connectivity index (χ0) is 25.8. The molecule has 2 amide bonds. The van der Waals surface area contributed by atoms with Gasteiger partial charge in [0, 0.05) is 18.7 Å². The number of fused-ring (bicyclic) bond motifs is 3. The lowest BCUT2D eigenvalue weighted by molar-refractivity contribution is -0.138. The highest BCUT2D eigenvalue weighted by Gasteiger charge is 2.48. The fraction of sp³-hybridized carbons (Fsp3) is 0.458. The Morgan fingerprint density at radius 1 is 1.14 bits per heavy atom. The third-order valence-electron chi connectivity index (χ3n) is 7.05. The van der Waals surface area contributed by atoms with E-state index in [9.17, 15) is 27.6 Å². The zero-order valence-corrected chi connectivity index (χ0v) is 19.4. The molecule has 3 heterocycles. The Labute approximate surface area is 204 Å². The maximum atomic E-state index is 13.6. The molecule has 190 valence electrons. The summed E-state index contributed by atoms with van der Waals surface area (Å²) in [5, 5.41) is 8.27. The van der Waals surface area contributed by atoms with Crippen LogP contribution in [0.3, 0.4) is 0 Å². The number of benzene rings is 1. The van der Waals surface area contributed by atoms with Crippen LogP contribution < -0.4 is 10.6 Å². The van der Waals surface area contributed by atoms with Gasteiger partial charge in [-0.3, -0.25) is 9.59 Å². The van der Waals surface area contributed by atoms with Gasteiger partial charge in [-0.25, -0.2) is 4.79 Å². The Morgan fingerprint density at radius 2 is 1.86 bits per heavy atom. The van der Waals surface area contributed by atoms with Gasteiger partial charge in [-0.2, -0.15) is 13.2 Å². The van der Waals surface area contributed by atoms with Gasteiger partial charge in [-0.15, -0.1) is 10.2 Å². The number of halogens is 3. The molecule has 1 saturated heterocycles. The average Bonchev–Trinajstić information content (AvgIpc) is 3.59. The minimum atomic E-state index is -4.74. The molecule has 0 bridgehead atoms. The fourth-order valence-corrected chi connectivity index (χ4v) is 4.99. The maximum Gasteiger partial charge on any atom is 0.417 e. The summed E-state index contributed by atoms with van der Waals surface area (Å²) in [6.07, 6.45) is -2.47. The molecule has 1 saturated carbocycles. The minimum Gasteiger partial charge on any atom is -0.461 e. The summed E-state index contributed by atoms with van der Waals surface area (Å²) < 4.78 is 46.0. The molecule has 2 aromatic rings. The van der Waals surface area contributed by atoms with Crippen molar-refractivity contribution in [2.45, 2.75) is 44.4 Å². The zero-order valence-electron chi connectivity index (χ0n) is 19.4. The number of alkyl halides is 3. The third-order valence-corrected chi connectivity index (χ3v) is 7.05. The number of hydrogen-bond donors (Lipinski definition) is 1. The highest BCUT2D eigenvalue weighted by atomic mass is 19.4. The first kappa shape index (κ1) is 24.0. The van der Waals surface area contributed by atoms with E-state index < -0.39 is 47.2 Å². The molecule has 2 fully saturated rings. The topological polar surface area (TPSA) is 119 Å². The van der Waals surface area contributed by atoms with Crippen molar-refractivity contribution in [3.63, 3.8) is 0 Å². The first-order valence-corrected chi connectivity index (χ1v) is 11.6. The predicted molar refractivity (Wildman–Crippen MR) is 120 cm³/mol. The monoisotopic (exact) mass is 503 g/mol. The van der Waals surface area contributed by atoms with Gasteiger partial charge in [-0.05, 0) is 49.8 Å². The second kappa shape index (κ2) is 8.75.